The Balaban J connectivity index is 2.36. The summed E-state index contributed by atoms with van der Waals surface area (Å²) < 4.78 is 0. The Kier molecular flexibility index (Phi) is 2.60. The summed E-state index contributed by atoms with van der Waals surface area (Å²) in [7, 11) is 0. The molecule has 0 spiro atoms. The van der Waals surface area contributed by atoms with Crippen LogP contribution in [0.3, 0.4) is 0 Å². The molecule has 3 N–H and O–H groups in total. The molecule has 0 aliphatic carbocycles. The van der Waals surface area contributed by atoms with Crippen LogP contribution in [-0.4, -0.2) is 16.7 Å². The Morgan fingerprint density at radius 1 is 1.43 bits per heavy atom. The molecule has 14 heavy (non-hydrogen) atoms. The number of para-hydroxylation sites is 1. The number of nitrogens with one attached hydrogen (secondary N) is 1. The second-order valence-electron chi connectivity index (χ2n) is 3.16. The predicted molar refractivity (Wildman–Crippen MR) is 58.8 cm³/mol. The van der Waals surface area contributed by atoms with Gasteiger partial charge in [0.25, 0.3) is 0 Å². The molecule has 2 aromatic rings. The molecule has 3 nitrogen and oxygen atoms in total. The first-order valence-electron chi connectivity index (χ1n) is 4.70. The largest absolute Gasteiger partial charge is 0.330 e. The van der Waals surface area contributed by atoms with Crippen LogP contribution in [0.2, 0.25) is 0 Å². The Bertz CT molecular complexity index is 442. The summed E-state index contributed by atoms with van der Waals surface area (Å²) in [5.41, 5.74) is 7.66. The second-order valence-corrected chi connectivity index (χ2v) is 3.16. The highest BCUT2D eigenvalue weighted by Gasteiger charge is 1.97. The van der Waals surface area contributed by atoms with Gasteiger partial charge in [-0.3, -0.25) is 5.10 Å². The Labute approximate surface area is 82.6 Å². The predicted octanol–water partition coefficient (Wildman–Crippen LogP) is 1.92. The monoisotopic (exact) mass is 187 g/mol. The van der Waals surface area contributed by atoms with Gasteiger partial charge in [0.15, 0.2) is 0 Å². The zero-order valence-corrected chi connectivity index (χ0v) is 7.90. The molecule has 0 atom stereocenters. The lowest BCUT2D eigenvalue weighted by atomic mass is 10.1. The summed E-state index contributed by atoms with van der Waals surface area (Å²) >= 11 is 0. The van der Waals surface area contributed by atoms with Gasteiger partial charge in [-0.25, -0.2) is 0 Å². The van der Waals surface area contributed by atoms with Gasteiger partial charge >= 0.3 is 0 Å². The maximum absolute atomic E-state index is 5.41. The van der Waals surface area contributed by atoms with E-state index in [1.54, 1.807) is 0 Å². The minimum Gasteiger partial charge on any atom is -0.330 e. The van der Waals surface area contributed by atoms with Crippen molar-refractivity contribution in [3.63, 3.8) is 0 Å². The second kappa shape index (κ2) is 4.07. The average molecular weight is 187 g/mol. The van der Waals surface area contributed by atoms with E-state index < -0.39 is 0 Å². The molecule has 0 unspecified atom stereocenters. The van der Waals surface area contributed by atoms with E-state index in [-0.39, 0.29) is 0 Å². The molecule has 0 bridgehead atoms. The molecular weight excluding hydrogens is 174 g/mol. The van der Waals surface area contributed by atoms with Gasteiger partial charge in [0.1, 0.15) is 0 Å². The molecule has 0 radical (unpaired) electrons. The quantitative estimate of drug-likeness (QED) is 0.771. The number of benzene rings is 1. The molecule has 0 fully saturated rings. The number of aromatic nitrogens is 2. The van der Waals surface area contributed by atoms with Gasteiger partial charge < -0.3 is 5.73 Å². The lowest BCUT2D eigenvalue weighted by molar-refractivity contribution is 1.01. The molecule has 1 heterocycles. The minimum atomic E-state index is 0.690. The number of hydrogen-bond acceptors (Lipinski definition) is 2. The maximum atomic E-state index is 5.41. The van der Waals surface area contributed by atoms with Crippen LogP contribution in [0.25, 0.3) is 17.0 Å². The number of nitrogens with zero attached hydrogens (tertiary/aromatic N) is 1. The lowest BCUT2D eigenvalue weighted by Crippen LogP contribution is -1.94. The van der Waals surface area contributed by atoms with Crippen molar-refractivity contribution in [3.8, 4) is 0 Å². The standard InChI is InChI=1S/C11H13N3/c12-7-2-1-4-9-5-3-6-10-8-13-14-11(9)10/h1,3-6,8H,2,7,12H2,(H,13,14). The van der Waals surface area contributed by atoms with E-state index in [2.05, 4.69) is 28.4 Å². The fraction of sp³-hybridized carbons (Fsp3) is 0.182. The number of fused-ring (bicyclic) bond motifs is 1. The van der Waals surface area contributed by atoms with Crippen molar-refractivity contribution in [2.75, 3.05) is 6.54 Å². The summed E-state index contributed by atoms with van der Waals surface area (Å²) in [5, 5.41) is 8.13. The van der Waals surface area contributed by atoms with E-state index in [0.29, 0.717) is 6.54 Å². The third-order valence-electron chi connectivity index (χ3n) is 2.14. The van der Waals surface area contributed by atoms with Crippen molar-refractivity contribution in [2.24, 2.45) is 5.73 Å². The Hall–Kier alpha value is -1.61. The summed E-state index contributed by atoms with van der Waals surface area (Å²) in [4.78, 5) is 0. The molecule has 2 rings (SSSR count). The summed E-state index contributed by atoms with van der Waals surface area (Å²) in [6, 6.07) is 6.13. The van der Waals surface area contributed by atoms with Crippen molar-refractivity contribution in [3.05, 3.63) is 36.0 Å². The van der Waals surface area contributed by atoms with Crippen LogP contribution in [0.1, 0.15) is 12.0 Å². The van der Waals surface area contributed by atoms with E-state index in [0.717, 1.165) is 22.9 Å². The van der Waals surface area contributed by atoms with Crippen LogP contribution in [0.5, 0.6) is 0 Å². The van der Waals surface area contributed by atoms with E-state index in [1.807, 2.05) is 18.3 Å². The molecular formula is C11H13N3. The lowest BCUT2D eigenvalue weighted by Gasteiger charge is -1.95. The maximum Gasteiger partial charge on any atom is 0.0722 e. The summed E-state index contributed by atoms with van der Waals surface area (Å²) in [5.74, 6) is 0. The van der Waals surface area contributed by atoms with Crippen molar-refractivity contribution in [2.45, 2.75) is 6.42 Å². The van der Waals surface area contributed by atoms with Gasteiger partial charge in [-0.2, -0.15) is 5.10 Å². The number of nitrogens with two attached hydrogens (primary N) is 1. The normalized spacial score (nSPS) is 11.5. The highest BCUT2D eigenvalue weighted by molar-refractivity contribution is 5.86. The average Bonchev–Trinajstić information content (AvgIpc) is 2.67. The molecule has 0 saturated carbocycles. The van der Waals surface area contributed by atoms with Gasteiger partial charge in [-0.05, 0) is 18.5 Å². The molecule has 0 saturated heterocycles. The van der Waals surface area contributed by atoms with Crippen LogP contribution in [0.15, 0.2) is 30.5 Å². The van der Waals surface area contributed by atoms with E-state index >= 15 is 0 Å². The smallest absolute Gasteiger partial charge is 0.0722 e. The minimum absolute atomic E-state index is 0.690. The first kappa shape index (κ1) is 8.97. The van der Waals surface area contributed by atoms with E-state index in [4.69, 9.17) is 5.73 Å². The third-order valence-corrected chi connectivity index (χ3v) is 2.14. The molecule has 0 aliphatic rings. The number of H-pyrrole nitrogens is 1. The SMILES string of the molecule is NCCC=Cc1cccc2cn[nH]c12. The Morgan fingerprint density at radius 2 is 2.36 bits per heavy atom. The molecule has 3 heteroatoms. The number of rotatable bonds is 3. The molecule has 1 aromatic heterocycles. The first-order chi connectivity index (χ1) is 6.92. The van der Waals surface area contributed by atoms with Crippen molar-refractivity contribution >= 4 is 17.0 Å². The van der Waals surface area contributed by atoms with Crippen LogP contribution < -0.4 is 5.73 Å². The fourth-order valence-corrected chi connectivity index (χ4v) is 1.44. The number of hydrogen-bond donors (Lipinski definition) is 2. The highest BCUT2D eigenvalue weighted by atomic mass is 15.1. The summed E-state index contributed by atoms with van der Waals surface area (Å²) in [6.07, 6.45) is 6.89. The zero-order valence-electron chi connectivity index (χ0n) is 7.90. The molecule has 1 aromatic carbocycles. The van der Waals surface area contributed by atoms with Crippen LogP contribution in [0.4, 0.5) is 0 Å². The van der Waals surface area contributed by atoms with Gasteiger partial charge in [0, 0.05) is 5.39 Å². The van der Waals surface area contributed by atoms with Crippen molar-refractivity contribution < 1.29 is 0 Å². The molecule has 0 amide bonds. The topological polar surface area (TPSA) is 54.7 Å². The van der Waals surface area contributed by atoms with Gasteiger partial charge in [-0.1, -0.05) is 30.4 Å². The van der Waals surface area contributed by atoms with Gasteiger partial charge in [0.2, 0.25) is 0 Å². The van der Waals surface area contributed by atoms with E-state index in [1.165, 1.54) is 0 Å². The van der Waals surface area contributed by atoms with Gasteiger partial charge in [0.05, 0.1) is 11.7 Å². The summed E-state index contributed by atoms with van der Waals surface area (Å²) in [6.45, 7) is 0.690. The molecule has 72 valence electrons. The van der Waals surface area contributed by atoms with Crippen molar-refractivity contribution in [1.82, 2.24) is 10.2 Å². The van der Waals surface area contributed by atoms with Crippen LogP contribution in [-0.2, 0) is 0 Å². The Morgan fingerprint density at radius 3 is 3.21 bits per heavy atom. The van der Waals surface area contributed by atoms with Crippen LogP contribution >= 0.6 is 0 Å². The highest BCUT2D eigenvalue weighted by Crippen LogP contribution is 2.16. The zero-order chi connectivity index (χ0) is 9.80. The van der Waals surface area contributed by atoms with Crippen molar-refractivity contribution in [1.29, 1.82) is 0 Å². The molecule has 0 aliphatic heterocycles. The third kappa shape index (κ3) is 1.67. The fourth-order valence-electron chi connectivity index (χ4n) is 1.44. The first-order valence-corrected chi connectivity index (χ1v) is 4.70. The number of aromatic amines is 1. The van der Waals surface area contributed by atoms with E-state index in [9.17, 15) is 0 Å². The van der Waals surface area contributed by atoms with Gasteiger partial charge in [-0.15, -0.1) is 0 Å². The van der Waals surface area contributed by atoms with Crippen LogP contribution in [0, 0.1) is 0 Å².